The van der Waals surface area contributed by atoms with E-state index in [-0.39, 0.29) is 5.84 Å². The Morgan fingerprint density at radius 3 is 2.85 bits per heavy atom. The fourth-order valence-corrected chi connectivity index (χ4v) is 3.77. The van der Waals surface area contributed by atoms with Gasteiger partial charge >= 0.3 is 0 Å². The van der Waals surface area contributed by atoms with Gasteiger partial charge in [0.15, 0.2) is 0 Å². The third kappa shape index (κ3) is 2.69. The zero-order valence-corrected chi connectivity index (χ0v) is 13.2. The van der Waals surface area contributed by atoms with E-state index < -0.39 is 0 Å². The Bertz CT molecular complexity index is 517. The van der Waals surface area contributed by atoms with Crippen LogP contribution < -0.4 is 10.6 Å². The molecule has 5 heteroatoms. The quantitative estimate of drug-likeness (QED) is 0.644. The number of rotatable bonds is 2. The number of nitrogens with zero attached hydrogens (tertiary/aromatic N) is 2. The first-order valence-corrected chi connectivity index (χ1v) is 8.07. The number of nitrogens with one attached hydrogen (secondary N) is 1. The highest BCUT2D eigenvalue weighted by Crippen LogP contribution is 2.29. The molecule has 3 rings (SSSR count). The second-order valence-corrected chi connectivity index (χ2v) is 6.62. The van der Waals surface area contributed by atoms with Crippen molar-refractivity contribution in [1.82, 2.24) is 4.90 Å². The number of anilines is 1. The number of halogens is 1. The minimum Gasteiger partial charge on any atom is -0.384 e. The van der Waals surface area contributed by atoms with E-state index in [1.165, 1.54) is 32.4 Å². The molecular weight excluding hydrogens is 316 g/mol. The summed E-state index contributed by atoms with van der Waals surface area (Å²) < 4.78 is 1.05. The molecule has 1 atom stereocenters. The van der Waals surface area contributed by atoms with Crippen LogP contribution in [0.2, 0.25) is 0 Å². The average Bonchev–Trinajstić information content (AvgIpc) is 2.75. The van der Waals surface area contributed by atoms with E-state index in [1.54, 1.807) is 0 Å². The molecule has 2 aliphatic heterocycles. The lowest BCUT2D eigenvalue weighted by molar-refractivity contribution is 0.273. The molecule has 1 aromatic rings. The lowest BCUT2D eigenvalue weighted by Gasteiger charge is -2.29. The van der Waals surface area contributed by atoms with Gasteiger partial charge in [-0.25, -0.2) is 0 Å². The van der Waals surface area contributed by atoms with Crippen LogP contribution in [0.1, 0.15) is 24.8 Å². The van der Waals surface area contributed by atoms with Crippen molar-refractivity contribution >= 4 is 27.5 Å². The second kappa shape index (κ2) is 5.74. The number of benzene rings is 1. The van der Waals surface area contributed by atoms with E-state index in [2.05, 4.69) is 31.8 Å². The highest BCUT2D eigenvalue weighted by atomic mass is 79.9. The standard InChI is InChI=1S/C15H21BrN4/c16-11-4-5-13(15(17)18)14(9-11)20-8-2-7-19-6-1-3-12(19)10-20/h4-5,9,12H,1-3,6-8,10H2,(H3,17,18). The molecule has 0 aromatic heterocycles. The molecule has 2 aliphatic rings. The lowest BCUT2D eigenvalue weighted by Crippen LogP contribution is -2.37. The average molecular weight is 337 g/mol. The normalized spacial score (nSPS) is 23.4. The molecule has 0 aliphatic carbocycles. The van der Waals surface area contributed by atoms with Gasteiger partial charge in [0, 0.05) is 41.4 Å². The number of nitrogens with two attached hydrogens (primary N) is 1. The first-order valence-electron chi connectivity index (χ1n) is 7.28. The summed E-state index contributed by atoms with van der Waals surface area (Å²) in [5.74, 6) is 0.153. The van der Waals surface area contributed by atoms with Crippen molar-refractivity contribution in [3.8, 4) is 0 Å². The summed E-state index contributed by atoms with van der Waals surface area (Å²) >= 11 is 3.54. The van der Waals surface area contributed by atoms with Crippen molar-refractivity contribution in [1.29, 1.82) is 5.41 Å². The van der Waals surface area contributed by atoms with Crippen molar-refractivity contribution in [2.24, 2.45) is 5.73 Å². The monoisotopic (exact) mass is 336 g/mol. The maximum Gasteiger partial charge on any atom is 0.124 e. The number of fused-ring (bicyclic) bond motifs is 1. The van der Waals surface area contributed by atoms with Gasteiger partial charge < -0.3 is 10.6 Å². The number of nitrogen functional groups attached to an aromatic ring is 1. The van der Waals surface area contributed by atoms with Gasteiger partial charge in [0.1, 0.15) is 5.84 Å². The van der Waals surface area contributed by atoms with Gasteiger partial charge in [-0.15, -0.1) is 0 Å². The minimum absolute atomic E-state index is 0.153. The number of hydrogen-bond donors (Lipinski definition) is 2. The summed E-state index contributed by atoms with van der Waals surface area (Å²) in [6.45, 7) is 4.54. The highest BCUT2D eigenvalue weighted by molar-refractivity contribution is 9.10. The maximum absolute atomic E-state index is 7.79. The number of amidine groups is 1. The Balaban J connectivity index is 1.91. The Morgan fingerprint density at radius 1 is 1.25 bits per heavy atom. The molecule has 4 nitrogen and oxygen atoms in total. The van der Waals surface area contributed by atoms with Gasteiger partial charge in [-0.1, -0.05) is 15.9 Å². The fraction of sp³-hybridized carbons (Fsp3) is 0.533. The zero-order valence-electron chi connectivity index (χ0n) is 11.6. The smallest absolute Gasteiger partial charge is 0.124 e. The van der Waals surface area contributed by atoms with Crippen LogP contribution in [0.25, 0.3) is 0 Å². The Hall–Kier alpha value is -1.07. The summed E-state index contributed by atoms with van der Waals surface area (Å²) in [6.07, 6.45) is 3.79. The molecule has 20 heavy (non-hydrogen) atoms. The predicted octanol–water partition coefficient (Wildman–Crippen LogP) is 2.41. The van der Waals surface area contributed by atoms with E-state index in [0.29, 0.717) is 6.04 Å². The first-order chi connectivity index (χ1) is 9.65. The summed E-state index contributed by atoms with van der Waals surface area (Å²) in [5, 5.41) is 7.79. The van der Waals surface area contributed by atoms with E-state index >= 15 is 0 Å². The zero-order chi connectivity index (χ0) is 14.1. The topological polar surface area (TPSA) is 56.4 Å². The minimum atomic E-state index is 0.153. The van der Waals surface area contributed by atoms with Crippen LogP contribution >= 0.6 is 15.9 Å². The van der Waals surface area contributed by atoms with Crippen LogP contribution in [0.15, 0.2) is 22.7 Å². The van der Waals surface area contributed by atoms with Crippen LogP contribution in [0.4, 0.5) is 5.69 Å². The number of hydrogen-bond acceptors (Lipinski definition) is 3. The molecule has 1 aromatic carbocycles. The van der Waals surface area contributed by atoms with E-state index in [0.717, 1.165) is 28.8 Å². The molecule has 0 spiro atoms. The predicted molar refractivity (Wildman–Crippen MR) is 86.6 cm³/mol. The summed E-state index contributed by atoms with van der Waals surface area (Å²) in [5.41, 5.74) is 7.69. The van der Waals surface area contributed by atoms with Crippen molar-refractivity contribution < 1.29 is 0 Å². The van der Waals surface area contributed by atoms with Crippen molar-refractivity contribution in [2.75, 3.05) is 31.1 Å². The van der Waals surface area contributed by atoms with Crippen LogP contribution in [-0.2, 0) is 0 Å². The van der Waals surface area contributed by atoms with Crippen LogP contribution in [0.5, 0.6) is 0 Å². The third-order valence-electron chi connectivity index (χ3n) is 4.39. The molecular formula is C15H21BrN4. The molecule has 0 bridgehead atoms. The van der Waals surface area contributed by atoms with Crippen molar-refractivity contribution in [3.05, 3.63) is 28.2 Å². The molecule has 2 saturated heterocycles. The summed E-state index contributed by atoms with van der Waals surface area (Å²) in [6, 6.07) is 6.66. The van der Waals surface area contributed by atoms with Gasteiger partial charge in [0.2, 0.25) is 0 Å². The molecule has 0 radical (unpaired) electrons. The summed E-state index contributed by atoms with van der Waals surface area (Å²) in [7, 11) is 0. The van der Waals surface area contributed by atoms with Gasteiger partial charge in [-0.05, 0) is 44.0 Å². The molecule has 1 unspecified atom stereocenters. The van der Waals surface area contributed by atoms with Gasteiger partial charge in [0.25, 0.3) is 0 Å². The maximum atomic E-state index is 7.79. The Morgan fingerprint density at radius 2 is 2.05 bits per heavy atom. The third-order valence-corrected chi connectivity index (χ3v) is 4.89. The molecule has 108 valence electrons. The van der Waals surface area contributed by atoms with Gasteiger partial charge in [0.05, 0.1) is 0 Å². The fourth-order valence-electron chi connectivity index (χ4n) is 3.42. The van der Waals surface area contributed by atoms with E-state index in [1.807, 2.05) is 12.1 Å². The van der Waals surface area contributed by atoms with Crippen LogP contribution in [0, 0.1) is 5.41 Å². The molecule has 0 amide bonds. The van der Waals surface area contributed by atoms with Crippen LogP contribution in [0.3, 0.4) is 0 Å². The highest BCUT2D eigenvalue weighted by Gasteiger charge is 2.29. The molecule has 0 saturated carbocycles. The van der Waals surface area contributed by atoms with E-state index in [4.69, 9.17) is 11.1 Å². The lowest BCUT2D eigenvalue weighted by atomic mass is 10.1. The molecule has 3 N–H and O–H groups in total. The van der Waals surface area contributed by atoms with Gasteiger partial charge in [-0.2, -0.15) is 0 Å². The SMILES string of the molecule is N=C(N)c1ccc(Br)cc1N1CCCN2CCCC2C1. The first kappa shape index (κ1) is 13.9. The summed E-state index contributed by atoms with van der Waals surface area (Å²) in [4.78, 5) is 5.03. The second-order valence-electron chi connectivity index (χ2n) is 5.71. The largest absolute Gasteiger partial charge is 0.384 e. The van der Waals surface area contributed by atoms with Crippen molar-refractivity contribution in [2.45, 2.75) is 25.3 Å². The molecule has 2 heterocycles. The van der Waals surface area contributed by atoms with Crippen LogP contribution in [-0.4, -0.2) is 43.0 Å². The molecule has 2 fully saturated rings. The van der Waals surface area contributed by atoms with Gasteiger partial charge in [-0.3, -0.25) is 10.3 Å². The van der Waals surface area contributed by atoms with Crippen molar-refractivity contribution in [3.63, 3.8) is 0 Å². The Kier molecular flexibility index (Phi) is 3.98. The van der Waals surface area contributed by atoms with E-state index in [9.17, 15) is 0 Å². The Labute approximate surface area is 128 Å².